The Bertz CT molecular complexity index is 1280. The fourth-order valence-corrected chi connectivity index (χ4v) is 3.17. The lowest BCUT2D eigenvalue weighted by Crippen LogP contribution is -2.01. The number of halogens is 1. The molecule has 0 amide bonds. The minimum absolute atomic E-state index is 0.0676. The van der Waals surface area contributed by atoms with Crippen molar-refractivity contribution in [2.75, 3.05) is 25.8 Å². The molecule has 0 aliphatic carbocycles. The van der Waals surface area contributed by atoms with Crippen LogP contribution in [0.2, 0.25) is 0 Å². The number of carboxylic acid groups (broad SMARTS) is 2. The topological polar surface area (TPSA) is 211 Å². The predicted molar refractivity (Wildman–Crippen MR) is 136 cm³/mol. The third-order valence-electron chi connectivity index (χ3n) is 4.39. The highest BCUT2D eigenvalue weighted by molar-refractivity contribution is 7.79. The molecule has 0 aliphatic heterocycles. The van der Waals surface area contributed by atoms with E-state index in [9.17, 15) is 28.2 Å². The molecule has 194 valence electrons. The van der Waals surface area contributed by atoms with E-state index in [-0.39, 0.29) is 33.7 Å². The lowest BCUT2D eigenvalue weighted by Gasteiger charge is -2.12. The lowest BCUT2D eigenvalue weighted by atomic mass is 9.95. The summed E-state index contributed by atoms with van der Waals surface area (Å²) in [5, 5.41) is 31.2. The molecule has 2 aromatic rings. The fourth-order valence-electron chi connectivity index (χ4n) is 2.97. The first-order valence-electron chi connectivity index (χ1n) is 10.1. The van der Waals surface area contributed by atoms with E-state index < -0.39 is 48.8 Å². The Morgan fingerprint density at radius 1 is 0.811 bits per heavy atom. The van der Waals surface area contributed by atoms with Crippen LogP contribution in [0.1, 0.15) is 22.3 Å². The average molecular weight is 533 g/mol. The maximum absolute atomic E-state index is 12.7. The monoisotopic (exact) mass is 533 g/mol. The van der Waals surface area contributed by atoms with Gasteiger partial charge in [0.25, 0.3) is 0 Å². The molecule has 15 heteroatoms. The maximum atomic E-state index is 12.7. The summed E-state index contributed by atoms with van der Waals surface area (Å²) < 4.78 is 32.6. The Morgan fingerprint density at radius 2 is 1.24 bits per heavy atom. The Labute approximate surface area is 211 Å². The van der Waals surface area contributed by atoms with Gasteiger partial charge in [0.15, 0.2) is 17.9 Å². The molecule has 2 aromatic carbocycles. The molecule has 0 aliphatic rings. The quantitative estimate of drug-likeness (QED) is 0.130. The van der Waals surface area contributed by atoms with Crippen LogP contribution in [0.15, 0.2) is 49.4 Å². The minimum atomic E-state index is -2.24. The molecular formula is C22H20FN5O8S. The van der Waals surface area contributed by atoms with Crippen molar-refractivity contribution in [3.63, 3.8) is 0 Å². The van der Waals surface area contributed by atoms with Gasteiger partial charge in [0.1, 0.15) is 30.4 Å². The summed E-state index contributed by atoms with van der Waals surface area (Å²) in [5.41, 5.74) is 0.884. The number of aliphatic imine (C=N–C) groups is 4. The van der Waals surface area contributed by atoms with E-state index in [0.717, 1.165) is 24.9 Å². The predicted octanol–water partition coefficient (Wildman–Crippen LogP) is 2.41. The van der Waals surface area contributed by atoms with Gasteiger partial charge in [-0.25, -0.2) is 8.60 Å². The summed E-state index contributed by atoms with van der Waals surface area (Å²) in [5.74, 6) is -3.26. The van der Waals surface area contributed by atoms with Gasteiger partial charge in [-0.15, -0.1) is 4.91 Å². The third kappa shape index (κ3) is 8.90. The van der Waals surface area contributed by atoms with Crippen LogP contribution in [0.5, 0.6) is 5.75 Å². The minimum Gasteiger partial charge on any atom is -0.507 e. The molecule has 0 spiro atoms. The van der Waals surface area contributed by atoms with Crippen molar-refractivity contribution in [2.24, 2.45) is 25.1 Å². The Hall–Kier alpha value is -4.50. The van der Waals surface area contributed by atoms with E-state index in [1.165, 1.54) is 24.3 Å². The van der Waals surface area contributed by atoms with E-state index in [1.54, 1.807) is 0 Å². The van der Waals surface area contributed by atoms with E-state index in [0.29, 0.717) is 11.1 Å². The molecule has 0 heterocycles. The number of aromatic hydroxyl groups is 1. The number of benzene rings is 2. The number of hydrogen-bond donors (Lipinski definition) is 4. The summed E-state index contributed by atoms with van der Waals surface area (Å²) in [6.45, 7) is -2.24. The molecule has 4 N–H and O–H groups in total. The van der Waals surface area contributed by atoms with Gasteiger partial charge in [-0.2, -0.15) is 0 Å². The van der Waals surface area contributed by atoms with Gasteiger partial charge in [-0.1, -0.05) is 0 Å². The summed E-state index contributed by atoms with van der Waals surface area (Å²) in [6, 6.07) is 5.73. The lowest BCUT2D eigenvalue weighted by molar-refractivity contribution is -0.136. The average Bonchev–Trinajstić information content (AvgIpc) is 2.83. The van der Waals surface area contributed by atoms with Crippen molar-refractivity contribution < 1.29 is 38.1 Å². The SMILES string of the molecule is O=Nc1c(/C=N/CF)cc(-c2cc(/C=N/CC(=O)O)c(O)c(/C=N/CC(=O)O)c2)cc1/C=N/C[S@](=O)O. The van der Waals surface area contributed by atoms with Gasteiger partial charge in [0, 0.05) is 47.1 Å². The number of carboxylic acids is 2. The highest BCUT2D eigenvalue weighted by atomic mass is 32.2. The number of nitroso groups, excluding NO2 is 1. The van der Waals surface area contributed by atoms with Crippen molar-refractivity contribution >= 4 is 53.6 Å². The second-order valence-corrected chi connectivity index (χ2v) is 7.92. The molecule has 0 aromatic heterocycles. The number of phenols is 1. The van der Waals surface area contributed by atoms with Crippen molar-refractivity contribution in [3.8, 4) is 16.9 Å². The van der Waals surface area contributed by atoms with E-state index in [4.69, 9.17) is 14.8 Å². The first-order valence-corrected chi connectivity index (χ1v) is 11.4. The van der Waals surface area contributed by atoms with E-state index >= 15 is 0 Å². The Balaban J connectivity index is 2.77. The number of phenolic OH excluding ortho intramolecular Hbond substituents is 1. The second-order valence-electron chi connectivity index (χ2n) is 7.02. The maximum Gasteiger partial charge on any atom is 0.325 e. The molecule has 37 heavy (non-hydrogen) atoms. The van der Waals surface area contributed by atoms with Crippen LogP contribution in [-0.2, 0) is 20.7 Å². The zero-order chi connectivity index (χ0) is 27.4. The number of nitrogens with zero attached hydrogens (tertiary/aromatic N) is 5. The van der Waals surface area contributed by atoms with Crippen LogP contribution in [0.25, 0.3) is 11.1 Å². The van der Waals surface area contributed by atoms with Crippen molar-refractivity contribution in [3.05, 3.63) is 51.4 Å². The zero-order valence-electron chi connectivity index (χ0n) is 18.9. The Kier molecular flexibility index (Phi) is 11.0. The summed E-state index contributed by atoms with van der Waals surface area (Å²) in [6.07, 6.45) is 4.40. The van der Waals surface area contributed by atoms with E-state index in [2.05, 4.69) is 25.1 Å². The number of aliphatic carboxylic acids is 2. The number of hydrogen-bond acceptors (Lipinski definition) is 10. The molecule has 0 saturated heterocycles. The van der Waals surface area contributed by atoms with Crippen LogP contribution >= 0.6 is 0 Å². The molecule has 0 unspecified atom stereocenters. The molecule has 0 fully saturated rings. The van der Waals surface area contributed by atoms with Gasteiger partial charge >= 0.3 is 11.9 Å². The molecule has 2 rings (SSSR count). The normalized spacial score (nSPS) is 12.7. The number of alkyl halides is 1. The Morgan fingerprint density at radius 3 is 1.65 bits per heavy atom. The summed E-state index contributed by atoms with van der Waals surface area (Å²) in [4.78, 5) is 47.9. The van der Waals surface area contributed by atoms with Gasteiger partial charge in [-0.3, -0.25) is 29.6 Å². The van der Waals surface area contributed by atoms with E-state index in [1.807, 2.05) is 0 Å². The summed E-state index contributed by atoms with van der Waals surface area (Å²) in [7, 11) is 0. The smallest absolute Gasteiger partial charge is 0.325 e. The van der Waals surface area contributed by atoms with Crippen molar-refractivity contribution in [1.29, 1.82) is 0 Å². The number of rotatable bonds is 13. The fraction of sp³-hybridized carbons (Fsp3) is 0.182. The largest absolute Gasteiger partial charge is 0.507 e. The van der Waals surface area contributed by atoms with Crippen molar-refractivity contribution in [1.82, 2.24) is 0 Å². The standard InChI is InChI=1S/C22H20FN5O8S/c23-11-26-5-15-1-13(2-16(21(15)28-34)6-27-12-37(35)36)14-3-17(7-24-9-19(29)30)22(33)18(4-14)8-25-10-20(31)32/h1-8,33H,9-12H2,(H,29,30)(H,31,32)(H,35,36)/b24-7+,25-8+,26-5+,27-6+. The van der Waals surface area contributed by atoms with Gasteiger partial charge in [-0.05, 0) is 40.6 Å². The highest BCUT2D eigenvalue weighted by Crippen LogP contribution is 2.33. The molecule has 0 radical (unpaired) electrons. The molecule has 13 nitrogen and oxygen atoms in total. The third-order valence-corrected chi connectivity index (χ3v) is 4.76. The van der Waals surface area contributed by atoms with Gasteiger partial charge < -0.3 is 19.9 Å². The highest BCUT2D eigenvalue weighted by Gasteiger charge is 2.14. The number of carbonyl (C=O) groups is 2. The summed E-state index contributed by atoms with van der Waals surface area (Å²) >= 11 is -2.24. The van der Waals surface area contributed by atoms with Crippen molar-refractivity contribution in [2.45, 2.75) is 0 Å². The van der Waals surface area contributed by atoms with Crippen LogP contribution in [0.4, 0.5) is 10.1 Å². The van der Waals surface area contributed by atoms with Crippen LogP contribution in [0, 0.1) is 4.91 Å². The first kappa shape index (κ1) is 28.7. The van der Waals surface area contributed by atoms with Crippen LogP contribution in [0.3, 0.4) is 0 Å². The molecule has 0 bridgehead atoms. The van der Waals surface area contributed by atoms with Gasteiger partial charge in [0.05, 0.1) is 0 Å². The molecular weight excluding hydrogens is 513 g/mol. The molecule has 0 saturated carbocycles. The first-order chi connectivity index (χ1) is 17.7. The van der Waals surface area contributed by atoms with Crippen LogP contribution < -0.4 is 0 Å². The van der Waals surface area contributed by atoms with Crippen LogP contribution in [-0.4, -0.2) is 86.6 Å². The molecule has 1 atom stereocenters. The van der Waals surface area contributed by atoms with Gasteiger partial charge in [0.2, 0.25) is 0 Å². The second kappa shape index (κ2) is 14.2. The zero-order valence-corrected chi connectivity index (χ0v) is 19.7.